The van der Waals surface area contributed by atoms with Crippen molar-refractivity contribution in [1.29, 1.82) is 0 Å². The lowest BCUT2D eigenvalue weighted by Crippen LogP contribution is -2.24. The maximum Gasteiger partial charge on any atom is 0.340 e. The third kappa shape index (κ3) is 3.47. The Morgan fingerprint density at radius 1 is 1.04 bits per heavy atom. The molecule has 0 spiro atoms. The first-order valence-electron chi connectivity index (χ1n) is 7.78. The number of halogens is 2. The van der Waals surface area contributed by atoms with Crippen LogP contribution in [0.15, 0.2) is 36.4 Å². The first kappa shape index (κ1) is 17.0. The highest BCUT2D eigenvalue weighted by atomic mass is 35.5. The van der Waals surface area contributed by atoms with E-state index in [1.54, 1.807) is 19.1 Å². The second kappa shape index (κ2) is 6.96. The Bertz CT molecular complexity index is 814. The Hall–Kier alpha value is -1.84. The summed E-state index contributed by atoms with van der Waals surface area (Å²) >= 11 is 11.9. The predicted octanol–water partition coefficient (Wildman–Crippen LogP) is 4.91. The molecule has 0 saturated carbocycles. The average molecular weight is 363 g/mol. The second-order valence-electron chi connectivity index (χ2n) is 5.87. The van der Waals surface area contributed by atoms with Crippen molar-refractivity contribution in [3.63, 3.8) is 0 Å². The smallest absolute Gasteiger partial charge is 0.340 e. The molecule has 3 rings (SSSR count). The SMILES string of the molecule is C[C@@H](OC(=O)c1cc(Cl)ccc1Cl)C(=O)c1ccc2c(c1)CCC2. The third-order valence-corrected chi connectivity index (χ3v) is 4.75. The fraction of sp³-hybridized carbons (Fsp3) is 0.263. The first-order valence-corrected chi connectivity index (χ1v) is 8.53. The molecule has 1 atom stereocenters. The monoisotopic (exact) mass is 362 g/mol. The molecule has 0 aromatic heterocycles. The summed E-state index contributed by atoms with van der Waals surface area (Å²) in [6.07, 6.45) is 2.27. The molecule has 2 aromatic carbocycles. The van der Waals surface area contributed by atoms with Crippen LogP contribution in [0.5, 0.6) is 0 Å². The number of hydrogen-bond acceptors (Lipinski definition) is 3. The second-order valence-corrected chi connectivity index (χ2v) is 6.72. The van der Waals surface area contributed by atoms with Crippen LogP contribution < -0.4 is 0 Å². The van der Waals surface area contributed by atoms with Gasteiger partial charge in [-0.1, -0.05) is 35.3 Å². The Morgan fingerprint density at radius 3 is 2.58 bits per heavy atom. The number of rotatable bonds is 4. The van der Waals surface area contributed by atoms with E-state index >= 15 is 0 Å². The molecular weight excluding hydrogens is 347 g/mol. The van der Waals surface area contributed by atoms with Gasteiger partial charge in [0.25, 0.3) is 0 Å². The molecule has 0 unspecified atom stereocenters. The number of benzene rings is 2. The summed E-state index contributed by atoms with van der Waals surface area (Å²) in [7, 11) is 0. The van der Waals surface area contributed by atoms with E-state index in [1.807, 2.05) is 12.1 Å². The average Bonchev–Trinajstić information content (AvgIpc) is 3.03. The van der Waals surface area contributed by atoms with Gasteiger partial charge in [-0.05, 0) is 61.6 Å². The van der Waals surface area contributed by atoms with Crippen molar-refractivity contribution in [3.8, 4) is 0 Å². The van der Waals surface area contributed by atoms with Crippen LogP contribution in [0.1, 0.15) is 45.2 Å². The molecule has 0 aliphatic heterocycles. The van der Waals surface area contributed by atoms with Crippen molar-refractivity contribution < 1.29 is 14.3 Å². The minimum absolute atomic E-state index is 0.151. The largest absolute Gasteiger partial charge is 0.451 e. The van der Waals surface area contributed by atoms with Crippen LogP contribution in [0.4, 0.5) is 0 Å². The maximum absolute atomic E-state index is 12.5. The van der Waals surface area contributed by atoms with Gasteiger partial charge in [-0.15, -0.1) is 0 Å². The van der Waals surface area contributed by atoms with Crippen molar-refractivity contribution in [1.82, 2.24) is 0 Å². The number of carbonyl (C=O) groups excluding carboxylic acids is 2. The zero-order valence-corrected chi connectivity index (χ0v) is 14.7. The number of aryl methyl sites for hydroxylation is 2. The van der Waals surface area contributed by atoms with Gasteiger partial charge in [-0.2, -0.15) is 0 Å². The first-order chi connectivity index (χ1) is 11.5. The molecule has 0 radical (unpaired) electrons. The molecule has 1 aliphatic rings. The van der Waals surface area contributed by atoms with Gasteiger partial charge in [0, 0.05) is 10.6 Å². The van der Waals surface area contributed by atoms with Gasteiger partial charge >= 0.3 is 5.97 Å². The molecule has 0 saturated heterocycles. The lowest BCUT2D eigenvalue weighted by molar-refractivity contribution is 0.0319. The molecule has 3 nitrogen and oxygen atoms in total. The normalized spacial score (nSPS) is 14.1. The van der Waals surface area contributed by atoms with Crippen molar-refractivity contribution in [2.24, 2.45) is 0 Å². The molecule has 2 aromatic rings. The van der Waals surface area contributed by atoms with E-state index in [1.165, 1.54) is 23.3 Å². The summed E-state index contributed by atoms with van der Waals surface area (Å²) in [5.41, 5.74) is 3.21. The van der Waals surface area contributed by atoms with Crippen LogP contribution in [0.2, 0.25) is 10.0 Å². The van der Waals surface area contributed by atoms with Crippen molar-refractivity contribution in [2.75, 3.05) is 0 Å². The fourth-order valence-corrected chi connectivity index (χ4v) is 3.26. The quantitative estimate of drug-likeness (QED) is 0.573. The lowest BCUT2D eigenvalue weighted by Gasteiger charge is -2.14. The van der Waals surface area contributed by atoms with E-state index in [0.717, 1.165) is 19.3 Å². The summed E-state index contributed by atoms with van der Waals surface area (Å²) in [5.74, 6) is -0.888. The Kier molecular flexibility index (Phi) is 4.93. The summed E-state index contributed by atoms with van der Waals surface area (Å²) in [5, 5.41) is 0.616. The maximum atomic E-state index is 12.5. The zero-order valence-electron chi connectivity index (χ0n) is 13.1. The standard InChI is InChI=1S/C19H16Cl2O3/c1-11(24-19(23)16-10-15(20)7-8-17(16)21)18(22)14-6-5-12-3-2-4-13(12)9-14/h5-11H,2-4H2,1H3/t11-/m1/s1. The van der Waals surface area contributed by atoms with Gasteiger partial charge in [0.15, 0.2) is 6.10 Å². The van der Waals surface area contributed by atoms with Crippen molar-refractivity contribution >= 4 is 35.0 Å². The fourth-order valence-electron chi connectivity index (χ4n) is 2.89. The summed E-state index contributed by atoms with van der Waals surface area (Å²) in [6, 6.07) is 10.2. The molecule has 0 fully saturated rings. The molecule has 0 bridgehead atoms. The van der Waals surface area contributed by atoms with Crippen LogP contribution in [0.25, 0.3) is 0 Å². The van der Waals surface area contributed by atoms with Crippen LogP contribution in [0.3, 0.4) is 0 Å². The van der Waals surface area contributed by atoms with Crippen molar-refractivity contribution in [3.05, 3.63) is 68.7 Å². The van der Waals surface area contributed by atoms with E-state index in [9.17, 15) is 9.59 Å². The molecule has 124 valence electrons. The molecule has 1 aliphatic carbocycles. The number of fused-ring (bicyclic) bond motifs is 1. The molecule has 0 heterocycles. The van der Waals surface area contributed by atoms with Gasteiger partial charge in [0.2, 0.25) is 5.78 Å². The highest BCUT2D eigenvalue weighted by molar-refractivity contribution is 6.35. The number of ether oxygens (including phenoxy) is 1. The number of hydrogen-bond donors (Lipinski definition) is 0. The van der Waals surface area contributed by atoms with E-state index in [0.29, 0.717) is 10.6 Å². The molecule has 24 heavy (non-hydrogen) atoms. The van der Waals surface area contributed by atoms with E-state index in [4.69, 9.17) is 27.9 Å². The van der Waals surface area contributed by atoms with Gasteiger partial charge < -0.3 is 4.74 Å². The van der Waals surface area contributed by atoms with Crippen LogP contribution >= 0.6 is 23.2 Å². The van der Waals surface area contributed by atoms with Gasteiger partial charge in [-0.25, -0.2) is 4.79 Å². The minimum Gasteiger partial charge on any atom is -0.451 e. The van der Waals surface area contributed by atoms with Crippen molar-refractivity contribution in [2.45, 2.75) is 32.3 Å². The third-order valence-electron chi connectivity index (χ3n) is 4.18. The Balaban J connectivity index is 1.74. The Labute approximate surface area is 150 Å². The molecule has 0 amide bonds. The lowest BCUT2D eigenvalue weighted by atomic mass is 10.0. The molecule has 5 heteroatoms. The summed E-state index contributed by atoms with van der Waals surface area (Å²) in [4.78, 5) is 24.8. The highest BCUT2D eigenvalue weighted by Gasteiger charge is 2.23. The van der Waals surface area contributed by atoms with E-state index < -0.39 is 12.1 Å². The zero-order chi connectivity index (χ0) is 17.3. The van der Waals surface area contributed by atoms with Gasteiger partial charge in [-0.3, -0.25) is 4.79 Å². The van der Waals surface area contributed by atoms with Crippen LogP contribution in [0, 0.1) is 0 Å². The topological polar surface area (TPSA) is 43.4 Å². The molecular formula is C19H16Cl2O3. The number of Topliss-reactive ketones (excluding diaryl/α,β-unsaturated/α-hetero) is 1. The highest BCUT2D eigenvalue weighted by Crippen LogP contribution is 2.25. The van der Waals surface area contributed by atoms with E-state index in [-0.39, 0.29) is 16.4 Å². The summed E-state index contributed by atoms with van der Waals surface area (Å²) in [6.45, 7) is 1.56. The number of esters is 1. The van der Waals surface area contributed by atoms with Crippen LogP contribution in [-0.2, 0) is 17.6 Å². The summed E-state index contributed by atoms with van der Waals surface area (Å²) < 4.78 is 5.28. The number of ketones is 1. The van der Waals surface area contributed by atoms with Gasteiger partial charge in [0.05, 0.1) is 10.6 Å². The van der Waals surface area contributed by atoms with Gasteiger partial charge in [0.1, 0.15) is 0 Å². The predicted molar refractivity (Wildman–Crippen MR) is 94.1 cm³/mol. The minimum atomic E-state index is -0.896. The number of carbonyl (C=O) groups is 2. The van der Waals surface area contributed by atoms with E-state index in [2.05, 4.69) is 0 Å². The van der Waals surface area contributed by atoms with Crippen LogP contribution in [-0.4, -0.2) is 17.9 Å². The Morgan fingerprint density at radius 2 is 1.79 bits per heavy atom. The molecule has 0 N–H and O–H groups in total.